The molecule has 0 aliphatic carbocycles. The van der Waals surface area contributed by atoms with Crippen molar-refractivity contribution in [1.82, 2.24) is 20.4 Å². The van der Waals surface area contributed by atoms with Crippen molar-refractivity contribution in [2.24, 2.45) is 0 Å². The number of hydrogen-bond acceptors (Lipinski definition) is 6. The van der Waals surface area contributed by atoms with E-state index in [1.165, 1.54) is 10.8 Å². The monoisotopic (exact) mass is 413 g/mol. The number of benzene rings is 2. The zero-order valence-corrected chi connectivity index (χ0v) is 17.6. The van der Waals surface area contributed by atoms with Crippen molar-refractivity contribution in [2.75, 3.05) is 44.2 Å². The summed E-state index contributed by atoms with van der Waals surface area (Å²) in [5.41, 5.74) is 2.00. The van der Waals surface area contributed by atoms with Crippen LogP contribution in [0.15, 0.2) is 77.4 Å². The predicted octanol–water partition coefficient (Wildman–Crippen LogP) is 3.80. The van der Waals surface area contributed by atoms with Gasteiger partial charge in [-0.1, -0.05) is 53.7 Å². The van der Waals surface area contributed by atoms with Gasteiger partial charge in [0.2, 0.25) is 0 Å². The molecule has 0 amide bonds. The van der Waals surface area contributed by atoms with E-state index in [9.17, 15) is 0 Å². The summed E-state index contributed by atoms with van der Waals surface area (Å²) in [4.78, 5) is 9.30. The van der Waals surface area contributed by atoms with Gasteiger partial charge in [0.05, 0.1) is 6.54 Å². The zero-order chi connectivity index (χ0) is 20.9. The van der Waals surface area contributed by atoms with E-state index < -0.39 is 0 Å². The summed E-state index contributed by atoms with van der Waals surface area (Å²) < 4.78 is 5.58. The van der Waals surface area contributed by atoms with Crippen molar-refractivity contribution < 1.29 is 4.52 Å². The molecule has 0 bridgehead atoms. The van der Waals surface area contributed by atoms with Crippen LogP contribution in [0, 0.1) is 0 Å². The number of nitrogens with zero attached hydrogens (tertiary/aromatic N) is 4. The highest BCUT2D eigenvalue weighted by molar-refractivity contribution is 5.95. The second-order valence-corrected chi connectivity index (χ2v) is 7.90. The lowest BCUT2D eigenvalue weighted by Gasteiger charge is -2.35. The molecule has 0 atom stereocenters. The maximum Gasteiger partial charge on any atom is 0.151 e. The third-order valence-corrected chi connectivity index (χ3v) is 5.87. The average Bonchev–Trinajstić information content (AvgIpc) is 3.31. The van der Waals surface area contributed by atoms with E-state index in [2.05, 4.69) is 73.8 Å². The molecule has 31 heavy (non-hydrogen) atoms. The van der Waals surface area contributed by atoms with Crippen LogP contribution in [0.25, 0.3) is 22.0 Å². The van der Waals surface area contributed by atoms with Gasteiger partial charge < -0.3 is 14.7 Å². The molecule has 6 nitrogen and oxygen atoms in total. The molecular formula is C25H27N5O. The summed E-state index contributed by atoms with van der Waals surface area (Å²) >= 11 is 0. The lowest BCUT2D eigenvalue weighted by atomic mass is 10.0. The van der Waals surface area contributed by atoms with Gasteiger partial charge in [-0.15, -0.1) is 0 Å². The highest BCUT2D eigenvalue weighted by atomic mass is 16.5. The van der Waals surface area contributed by atoms with Crippen LogP contribution in [-0.2, 0) is 6.54 Å². The Bertz CT molecular complexity index is 1110. The maximum absolute atomic E-state index is 5.58. The normalized spacial score (nSPS) is 14.9. The van der Waals surface area contributed by atoms with Crippen molar-refractivity contribution in [3.05, 3.63) is 78.7 Å². The van der Waals surface area contributed by atoms with E-state index in [0.29, 0.717) is 6.54 Å². The number of anilines is 1. The standard InChI is InChI=1S/C25H27N5O/c1-2-8-22-20(6-1)7-5-9-23(22)24-18-21(31-28-24)19-26-12-13-29-14-16-30(17-15-29)25-10-3-4-11-27-25/h1-11,18,26H,12-17,19H2. The Labute approximate surface area is 182 Å². The molecule has 3 heterocycles. The first kappa shape index (κ1) is 19.7. The summed E-state index contributed by atoms with van der Waals surface area (Å²) in [6.45, 7) is 6.80. The van der Waals surface area contributed by atoms with Crippen molar-refractivity contribution in [1.29, 1.82) is 0 Å². The molecule has 4 aromatic rings. The van der Waals surface area contributed by atoms with Crippen LogP contribution >= 0.6 is 0 Å². The number of piperazine rings is 1. The molecule has 1 fully saturated rings. The van der Waals surface area contributed by atoms with Gasteiger partial charge in [-0.25, -0.2) is 4.98 Å². The molecule has 0 saturated carbocycles. The first-order valence-corrected chi connectivity index (χ1v) is 10.9. The van der Waals surface area contributed by atoms with E-state index in [1.807, 2.05) is 24.4 Å². The predicted molar refractivity (Wildman–Crippen MR) is 124 cm³/mol. The molecule has 2 aromatic carbocycles. The number of hydrogen-bond donors (Lipinski definition) is 1. The minimum Gasteiger partial charge on any atom is -0.359 e. The second-order valence-electron chi connectivity index (χ2n) is 7.90. The van der Waals surface area contributed by atoms with Gasteiger partial charge in [-0.05, 0) is 22.9 Å². The second kappa shape index (κ2) is 9.29. The van der Waals surface area contributed by atoms with Gasteiger partial charge in [-0.2, -0.15) is 0 Å². The molecule has 2 aromatic heterocycles. The molecule has 1 N–H and O–H groups in total. The Kier molecular flexibility index (Phi) is 5.91. The number of rotatable bonds is 7. The minimum atomic E-state index is 0.686. The summed E-state index contributed by atoms with van der Waals surface area (Å²) in [7, 11) is 0. The molecule has 0 radical (unpaired) electrons. The number of fused-ring (bicyclic) bond motifs is 1. The quantitative estimate of drug-likeness (QED) is 0.465. The topological polar surface area (TPSA) is 57.4 Å². The Balaban J connectivity index is 1.09. The summed E-state index contributed by atoms with van der Waals surface area (Å²) in [6.07, 6.45) is 1.86. The molecule has 0 spiro atoms. The Morgan fingerprint density at radius 1 is 0.903 bits per heavy atom. The van der Waals surface area contributed by atoms with Crippen LogP contribution in [0.4, 0.5) is 5.82 Å². The van der Waals surface area contributed by atoms with Crippen LogP contribution in [0.2, 0.25) is 0 Å². The molecule has 1 saturated heterocycles. The van der Waals surface area contributed by atoms with Gasteiger partial charge in [0.15, 0.2) is 5.76 Å². The maximum atomic E-state index is 5.58. The summed E-state index contributed by atoms with van der Waals surface area (Å²) in [6, 6.07) is 22.8. The van der Waals surface area contributed by atoms with Crippen LogP contribution in [-0.4, -0.2) is 54.3 Å². The highest BCUT2D eigenvalue weighted by Gasteiger charge is 2.17. The van der Waals surface area contributed by atoms with Crippen LogP contribution in [0.3, 0.4) is 0 Å². The smallest absolute Gasteiger partial charge is 0.151 e. The number of aromatic nitrogens is 2. The fourth-order valence-electron chi connectivity index (χ4n) is 4.16. The largest absolute Gasteiger partial charge is 0.359 e. The van der Waals surface area contributed by atoms with Crippen molar-refractivity contribution in [2.45, 2.75) is 6.54 Å². The fraction of sp³-hybridized carbons (Fsp3) is 0.280. The van der Waals surface area contributed by atoms with Crippen molar-refractivity contribution in [3.8, 4) is 11.3 Å². The fourth-order valence-corrected chi connectivity index (χ4v) is 4.16. The third kappa shape index (κ3) is 4.60. The van der Waals surface area contributed by atoms with E-state index in [0.717, 1.165) is 62.1 Å². The molecule has 6 heteroatoms. The molecule has 0 unspecified atom stereocenters. The average molecular weight is 414 g/mol. The van der Waals surface area contributed by atoms with Crippen molar-refractivity contribution in [3.63, 3.8) is 0 Å². The molecular weight excluding hydrogens is 386 g/mol. The van der Waals surface area contributed by atoms with E-state index in [4.69, 9.17) is 4.52 Å². The van der Waals surface area contributed by atoms with E-state index in [1.54, 1.807) is 0 Å². The first-order valence-electron chi connectivity index (χ1n) is 10.9. The lowest BCUT2D eigenvalue weighted by molar-refractivity contribution is 0.255. The van der Waals surface area contributed by atoms with E-state index >= 15 is 0 Å². The first-order chi connectivity index (χ1) is 15.4. The Morgan fingerprint density at radius 2 is 1.74 bits per heavy atom. The SMILES string of the molecule is c1ccc(N2CCN(CCNCc3cc(-c4cccc5ccccc45)no3)CC2)nc1. The molecule has 158 valence electrons. The lowest BCUT2D eigenvalue weighted by Crippen LogP contribution is -2.48. The van der Waals surface area contributed by atoms with Gasteiger partial charge in [0, 0.05) is 57.1 Å². The van der Waals surface area contributed by atoms with Crippen LogP contribution in [0.5, 0.6) is 0 Å². The Hall–Kier alpha value is -3.22. The Morgan fingerprint density at radius 3 is 2.61 bits per heavy atom. The zero-order valence-electron chi connectivity index (χ0n) is 17.6. The molecule has 1 aliphatic heterocycles. The van der Waals surface area contributed by atoms with E-state index in [-0.39, 0.29) is 0 Å². The van der Waals surface area contributed by atoms with Crippen LogP contribution < -0.4 is 10.2 Å². The van der Waals surface area contributed by atoms with Gasteiger partial charge >= 0.3 is 0 Å². The van der Waals surface area contributed by atoms with Gasteiger partial charge in [0.25, 0.3) is 0 Å². The summed E-state index contributed by atoms with van der Waals surface area (Å²) in [5, 5.41) is 10.2. The van der Waals surface area contributed by atoms with Gasteiger partial charge in [0.1, 0.15) is 11.5 Å². The molecule has 5 rings (SSSR count). The highest BCUT2D eigenvalue weighted by Crippen LogP contribution is 2.28. The van der Waals surface area contributed by atoms with Crippen molar-refractivity contribution >= 4 is 16.6 Å². The minimum absolute atomic E-state index is 0.686. The van der Waals surface area contributed by atoms with Gasteiger partial charge in [-0.3, -0.25) is 4.90 Å². The van der Waals surface area contributed by atoms with Crippen LogP contribution in [0.1, 0.15) is 5.76 Å². The molecule has 1 aliphatic rings. The number of pyridine rings is 1. The third-order valence-electron chi connectivity index (χ3n) is 5.87. The summed E-state index contributed by atoms with van der Waals surface area (Å²) in [5.74, 6) is 1.94. The number of nitrogens with one attached hydrogen (secondary N) is 1.